The Morgan fingerprint density at radius 1 is 1.16 bits per heavy atom. The van der Waals surface area contributed by atoms with Gasteiger partial charge in [0.1, 0.15) is 5.82 Å². The van der Waals surface area contributed by atoms with Gasteiger partial charge in [-0.05, 0) is 49.5 Å². The van der Waals surface area contributed by atoms with E-state index in [9.17, 15) is 4.39 Å². The van der Waals surface area contributed by atoms with Gasteiger partial charge < -0.3 is 0 Å². The number of halogens is 1. The first-order chi connectivity index (χ1) is 9.22. The minimum Gasteiger partial charge on any atom is -0.293 e. The summed E-state index contributed by atoms with van der Waals surface area (Å²) < 4.78 is 12.9. The highest BCUT2D eigenvalue weighted by atomic mass is 19.1. The minimum absolute atomic E-state index is 0.159. The summed E-state index contributed by atoms with van der Waals surface area (Å²) in [5, 5.41) is 0. The first-order valence-corrected chi connectivity index (χ1v) is 7.09. The molecule has 1 nitrogen and oxygen atoms in total. The maximum absolute atomic E-state index is 12.9. The van der Waals surface area contributed by atoms with Crippen molar-refractivity contribution in [2.75, 3.05) is 13.1 Å². The van der Waals surface area contributed by atoms with Gasteiger partial charge in [-0.2, -0.15) is 0 Å². The summed E-state index contributed by atoms with van der Waals surface area (Å²) in [4.78, 5) is 2.55. The molecule has 1 aromatic carbocycles. The van der Waals surface area contributed by atoms with Crippen LogP contribution in [0.15, 0.2) is 42.0 Å². The van der Waals surface area contributed by atoms with Crippen LogP contribution in [0.25, 0.3) is 5.57 Å². The second kappa shape index (κ2) is 5.30. The fourth-order valence-corrected chi connectivity index (χ4v) is 3.07. The Morgan fingerprint density at radius 2 is 1.95 bits per heavy atom. The predicted molar refractivity (Wildman–Crippen MR) is 77.3 cm³/mol. The first-order valence-electron chi connectivity index (χ1n) is 7.09. The summed E-state index contributed by atoms with van der Waals surface area (Å²) in [6, 6.07) is 7.50. The second-order valence-corrected chi connectivity index (χ2v) is 5.60. The van der Waals surface area contributed by atoms with E-state index in [-0.39, 0.29) is 5.82 Å². The van der Waals surface area contributed by atoms with E-state index in [1.807, 2.05) is 12.1 Å². The third-order valence-corrected chi connectivity index (χ3v) is 4.24. The molecule has 3 rings (SSSR count). The molecule has 1 heterocycles. The van der Waals surface area contributed by atoms with Gasteiger partial charge in [0.25, 0.3) is 0 Å². The van der Waals surface area contributed by atoms with Crippen molar-refractivity contribution in [3.8, 4) is 0 Å². The lowest BCUT2D eigenvalue weighted by molar-refractivity contribution is 0.250. The van der Waals surface area contributed by atoms with Crippen LogP contribution in [0.5, 0.6) is 0 Å². The van der Waals surface area contributed by atoms with Crippen LogP contribution in [0.1, 0.15) is 31.7 Å². The van der Waals surface area contributed by atoms with E-state index < -0.39 is 0 Å². The molecule has 0 aromatic heterocycles. The highest BCUT2D eigenvalue weighted by Gasteiger charge is 2.22. The fourth-order valence-electron chi connectivity index (χ4n) is 3.07. The number of rotatable bonds is 2. The van der Waals surface area contributed by atoms with Gasteiger partial charge in [0.15, 0.2) is 0 Å². The Labute approximate surface area is 114 Å². The van der Waals surface area contributed by atoms with Crippen molar-refractivity contribution in [1.82, 2.24) is 4.90 Å². The number of allylic oxidation sites excluding steroid dienone is 1. The molecule has 0 fully saturated rings. The summed E-state index contributed by atoms with van der Waals surface area (Å²) >= 11 is 0. The second-order valence-electron chi connectivity index (χ2n) is 5.60. The van der Waals surface area contributed by atoms with Crippen molar-refractivity contribution in [3.63, 3.8) is 0 Å². The molecule has 1 atom stereocenters. The zero-order valence-electron chi connectivity index (χ0n) is 11.4. The molecule has 100 valence electrons. The molecule has 1 aromatic rings. The van der Waals surface area contributed by atoms with E-state index in [1.54, 1.807) is 12.1 Å². The van der Waals surface area contributed by atoms with Crippen molar-refractivity contribution in [2.45, 2.75) is 32.2 Å². The first kappa shape index (κ1) is 12.6. The zero-order chi connectivity index (χ0) is 13.2. The highest BCUT2D eigenvalue weighted by molar-refractivity contribution is 5.66. The van der Waals surface area contributed by atoms with Crippen LogP contribution in [0, 0.1) is 5.82 Å². The minimum atomic E-state index is -0.159. The summed E-state index contributed by atoms with van der Waals surface area (Å²) in [6.45, 7) is 4.35. The number of hydrogen-bond acceptors (Lipinski definition) is 1. The molecule has 0 spiro atoms. The van der Waals surface area contributed by atoms with Crippen LogP contribution in [0.2, 0.25) is 0 Å². The number of nitrogens with zero attached hydrogens (tertiary/aromatic N) is 1. The van der Waals surface area contributed by atoms with Gasteiger partial charge in [-0.3, -0.25) is 4.90 Å². The third-order valence-electron chi connectivity index (χ3n) is 4.24. The molecule has 0 radical (unpaired) electrons. The average molecular weight is 257 g/mol. The molecule has 0 saturated carbocycles. The zero-order valence-corrected chi connectivity index (χ0v) is 11.4. The highest BCUT2D eigenvalue weighted by Crippen LogP contribution is 2.28. The molecular weight excluding hydrogens is 237 g/mol. The Morgan fingerprint density at radius 3 is 2.53 bits per heavy atom. The largest absolute Gasteiger partial charge is 0.293 e. The van der Waals surface area contributed by atoms with E-state index in [4.69, 9.17) is 0 Å². The fraction of sp³-hybridized carbons (Fsp3) is 0.412. The van der Waals surface area contributed by atoms with Gasteiger partial charge in [0.05, 0.1) is 0 Å². The van der Waals surface area contributed by atoms with Crippen LogP contribution in [0.4, 0.5) is 4.39 Å². The maximum atomic E-state index is 12.9. The van der Waals surface area contributed by atoms with Crippen molar-refractivity contribution in [1.29, 1.82) is 0 Å². The molecular formula is C17H20FN. The quantitative estimate of drug-likeness (QED) is 0.723. The molecule has 0 saturated heterocycles. The van der Waals surface area contributed by atoms with Gasteiger partial charge in [-0.25, -0.2) is 4.39 Å². The van der Waals surface area contributed by atoms with Gasteiger partial charge in [0.2, 0.25) is 0 Å². The topological polar surface area (TPSA) is 3.24 Å². The van der Waals surface area contributed by atoms with Gasteiger partial charge in [0, 0.05) is 19.1 Å². The van der Waals surface area contributed by atoms with Gasteiger partial charge in [-0.1, -0.05) is 29.9 Å². The summed E-state index contributed by atoms with van der Waals surface area (Å²) in [7, 11) is 0. The molecule has 0 N–H and O–H groups in total. The van der Waals surface area contributed by atoms with E-state index in [0.29, 0.717) is 6.04 Å². The molecule has 19 heavy (non-hydrogen) atoms. The van der Waals surface area contributed by atoms with E-state index in [2.05, 4.69) is 24.0 Å². The van der Waals surface area contributed by atoms with Crippen molar-refractivity contribution < 1.29 is 4.39 Å². The molecule has 2 aliphatic rings. The Balaban J connectivity index is 1.68. The molecule has 0 amide bonds. The summed E-state index contributed by atoms with van der Waals surface area (Å²) in [6.07, 6.45) is 8.30. The normalized spacial score (nSPS) is 24.2. The van der Waals surface area contributed by atoms with Crippen LogP contribution >= 0.6 is 0 Å². The lowest BCUT2D eigenvalue weighted by Gasteiger charge is -2.30. The molecule has 1 aliphatic heterocycles. The van der Waals surface area contributed by atoms with Crippen molar-refractivity contribution >= 4 is 5.57 Å². The third kappa shape index (κ3) is 2.79. The van der Waals surface area contributed by atoms with E-state index in [1.165, 1.54) is 29.6 Å². The monoisotopic (exact) mass is 257 g/mol. The summed E-state index contributed by atoms with van der Waals surface area (Å²) in [5.41, 5.74) is 4.05. The Kier molecular flexibility index (Phi) is 3.52. The smallest absolute Gasteiger partial charge is 0.123 e. The molecule has 1 aliphatic carbocycles. The summed E-state index contributed by atoms with van der Waals surface area (Å²) in [5.74, 6) is -0.159. The van der Waals surface area contributed by atoms with Crippen LogP contribution in [-0.4, -0.2) is 24.0 Å². The molecule has 2 heteroatoms. The van der Waals surface area contributed by atoms with Gasteiger partial charge >= 0.3 is 0 Å². The Hall–Kier alpha value is -1.41. The standard InChI is InChI=1S/C17H20FN/c1-13-2-7-17(12-13)19-10-8-15(9-11-19)14-3-5-16(18)6-4-14/h3-6,8,12,17H,2,7,9-11H2,1H3. The Bertz CT molecular complexity index is 513. The van der Waals surface area contributed by atoms with Crippen molar-refractivity contribution in [3.05, 3.63) is 53.4 Å². The molecule has 0 bridgehead atoms. The van der Waals surface area contributed by atoms with Gasteiger partial charge in [-0.15, -0.1) is 0 Å². The number of hydrogen-bond donors (Lipinski definition) is 0. The lowest BCUT2D eigenvalue weighted by Crippen LogP contribution is -2.36. The lowest BCUT2D eigenvalue weighted by atomic mass is 9.98. The SMILES string of the molecule is CC1=CC(N2CC=C(c3ccc(F)cc3)CC2)CC1. The van der Waals surface area contributed by atoms with E-state index >= 15 is 0 Å². The van der Waals surface area contributed by atoms with Crippen LogP contribution in [-0.2, 0) is 0 Å². The van der Waals surface area contributed by atoms with Crippen molar-refractivity contribution in [2.24, 2.45) is 0 Å². The maximum Gasteiger partial charge on any atom is 0.123 e. The molecule has 1 unspecified atom stereocenters. The predicted octanol–water partition coefficient (Wildman–Crippen LogP) is 4.02. The van der Waals surface area contributed by atoms with Crippen LogP contribution in [0.3, 0.4) is 0 Å². The van der Waals surface area contributed by atoms with E-state index in [0.717, 1.165) is 19.5 Å². The number of benzene rings is 1. The van der Waals surface area contributed by atoms with Crippen LogP contribution < -0.4 is 0 Å². The average Bonchev–Trinajstić information content (AvgIpc) is 2.87.